The molecule has 0 N–H and O–H groups in total. The van der Waals surface area contributed by atoms with Gasteiger partial charge >= 0.3 is 0 Å². The van der Waals surface area contributed by atoms with Crippen LogP contribution >= 0.6 is 22.9 Å². The molecule has 0 spiro atoms. The zero-order valence-corrected chi connectivity index (χ0v) is 11.1. The van der Waals surface area contributed by atoms with E-state index in [2.05, 4.69) is 16.8 Å². The predicted octanol–water partition coefficient (Wildman–Crippen LogP) is 2.67. The average molecular weight is 261 g/mol. The molecule has 0 amide bonds. The highest BCUT2D eigenvalue weighted by Crippen LogP contribution is 2.25. The smallest absolute Gasteiger partial charge is 0.110 e. The van der Waals surface area contributed by atoms with Gasteiger partial charge in [-0.15, -0.1) is 22.9 Å². The number of alkyl halides is 1. The van der Waals surface area contributed by atoms with E-state index in [0.717, 1.165) is 43.4 Å². The first-order valence-electron chi connectivity index (χ1n) is 5.63. The third-order valence-corrected chi connectivity index (χ3v) is 4.21. The maximum atomic E-state index is 5.77. The molecular formula is C11H17ClN2OS. The monoisotopic (exact) mass is 260 g/mol. The molecule has 1 aromatic heterocycles. The van der Waals surface area contributed by atoms with Crippen LogP contribution in [-0.2, 0) is 10.6 Å². The standard InChI is InChI=1S/C11H17ClN2OS/c1-9(11-13-10(7-12)8-16-11)14-3-2-5-15-6-4-14/h8-9H,2-7H2,1H3. The van der Waals surface area contributed by atoms with Crippen LogP contribution in [0.2, 0.25) is 0 Å². The van der Waals surface area contributed by atoms with Gasteiger partial charge < -0.3 is 4.74 Å². The number of ether oxygens (including phenoxy) is 1. The van der Waals surface area contributed by atoms with Crippen LogP contribution in [0, 0.1) is 0 Å². The minimum absolute atomic E-state index is 0.378. The van der Waals surface area contributed by atoms with Crippen LogP contribution in [0.25, 0.3) is 0 Å². The molecule has 1 unspecified atom stereocenters. The highest BCUT2D eigenvalue weighted by Gasteiger charge is 2.19. The lowest BCUT2D eigenvalue weighted by molar-refractivity contribution is 0.134. The first-order valence-corrected chi connectivity index (χ1v) is 7.04. The molecule has 0 aromatic carbocycles. The fraction of sp³-hybridized carbons (Fsp3) is 0.727. The number of thiazole rings is 1. The third kappa shape index (κ3) is 2.94. The quantitative estimate of drug-likeness (QED) is 0.782. The van der Waals surface area contributed by atoms with Crippen molar-refractivity contribution in [2.24, 2.45) is 0 Å². The summed E-state index contributed by atoms with van der Waals surface area (Å²) in [4.78, 5) is 6.97. The van der Waals surface area contributed by atoms with Gasteiger partial charge in [-0.2, -0.15) is 0 Å². The molecular weight excluding hydrogens is 244 g/mol. The summed E-state index contributed by atoms with van der Waals surface area (Å²) in [5.41, 5.74) is 0.986. The molecule has 2 heterocycles. The minimum atomic E-state index is 0.378. The van der Waals surface area contributed by atoms with Crippen molar-refractivity contribution in [2.45, 2.75) is 25.3 Å². The molecule has 1 saturated heterocycles. The molecule has 3 nitrogen and oxygen atoms in total. The molecule has 1 aliphatic heterocycles. The lowest BCUT2D eigenvalue weighted by atomic mass is 10.2. The maximum Gasteiger partial charge on any atom is 0.110 e. The Morgan fingerprint density at radius 1 is 1.56 bits per heavy atom. The van der Waals surface area contributed by atoms with E-state index in [1.807, 2.05) is 5.38 Å². The first-order chi connectivity index (χ1) is 7.81. The van der Waals surface area contributed by atoms with Crippen molar-refractivity contribution >= 4 is 22.9 Å². The Labute approximate surface area is 105 Å². The summed E-state index contributed by atoms with van der Waals surface area (Å²) in [6, 6.07) is 0.378. The molecule has 90 valence electrons. The van der Waals surface area contributed by atoms with Gasteiger partial charge in [0.15, 0.2) is 0 Å². The molecule has 0 radical (unpaired) electrons. The lowest BCUT2D eigenvalue weighted by Crippen LogP contribution is -2.29. The van der Waals surface area contributed by atoms with Crippen LogP contribution in [0.4, 0.5) is 0 Å². The van der Waals surface area contributed by atoms with E-state index in [1.54, 1.807) is 11.3 Å². The molecule has 5 heteroatoms. The van der Waals surface area contributed by atoms with E-state index in [9.17, 15) is 0 Å². The summed E-state index contributed by atoms with van der Waals surface area (Å²) in [6.45, 7) is 6.02. The van der Waals surface area contributed by atoms with Crippen molar-refractivity contribution < 1.29 is 4.74 Å². The van der Waals surface area contributed by atoms with E-state index in [1.165, 1.54) is 0 Å². The largest absolute Gasteiger partial charge is 0.380 e. The average Bonchev–Trinajstić information content (AvgIpc) is 2.62. The van der Waals surface area contributed by atoms with E-state index in [-0.39, 0.29) is 0 Å². The number of hydrogen-bond donors (Lipinski definition) is 0. The minimum Gasteiger partial charge on any atom is -0.380 e. The molecule has 0 saturated carbocycles. The summed E-state index contributed by atoms with van der Waals surface area (Å²) in [5, 5.41) is 3.21. The van der Waals surface area contributed by atoms with Crippen molar-refractivity contribution in [3.05, 3.63) is 16.1 Å². The molecule has 1 fully saturated rings. The third-order valence-electron chi connectivity index (χ3n) is 2.87. The summed E-state index contributed by atoms with van der Waals surface area (Å²) < 4.78 is 5.46. The highest BCUT2D eigenvalue weighted by molar-refractivity contribution is 7.09. The van der Waals surface area contributed by atoms with Crippen LogP contribution in [0.5, 0.6) is 0 Å². The number of hydrogen-bond acceptors (Lipinski definition) is 4. The lowest BCUT2D eigenvalue weighted by Gasteiger charge is -2.25. The maximum absolute atomic E-state index is 5.77. The second kappa shape index (κ2) is 5.96. The van der Waals surface area contributed by atoms with Crippen molar-refractivity contribution in [3.8, 4) is 0 Å². The van der Waals surface area contributed by atoms with Crippen LogP contribution in [0.15, 0.2) is 5.38 Å². The van der Waals surface area contributed by atoms with E-state index >= 15 is 0 Å². The summed E-state index contributed by atoms with van der Waals surface area (Å²) >= 11 is 7.47. The normalized spacial score (nSPS) is 20.6. The molecule has 0 aliphatic carbocycles. The fourth-order valence-corrected chi connectivity index (χ4v) is 3.02. The second-order valence-electron chi connectivity index (χ2n) is 3.99. The number of aromatic nitrogens is 1. The van der Waals surface area contributed by atoms with Crippen molar-refractivity contribution in [1.29, 1.82) is 0 Å². The Kier molecular flexibility index (Phi) is 4.58. The van der Waals surface area contributed by atoms with Gasteiger partial charge in [-0.25, -0.2) is 4.98 Å². The van der Waals surface area contributed by atoms with Gasteiger partial charge in [0.05, 0.1) is 24.2 Å². The number of nitrogens with zero attached hydrogens (tertiary/aromatic N) is 2. The Bertz CT molecular complexity index is 324. The second-order valence-corrected chi connectivity index (χ2v) is 5.15. The van der Waals surface area contributed by atoms with Gasteiger partial charge in [-0.3, -0.25) is 4.90 Å². The fourth-order valence-electron chi connectivity index (χ4n) is 1.88. The highest BCUT2D eigenvalue weighted by atomic mass is 35.5. The molecule has 1 aromatic rings. The van der Waals surface area contributed by atoms with Gasteiger partial charge in [0.2, 0.25) is 0 Å². The van der Waals surface area contributed by atoms with E-state index < -0.39 is 0 Å². The Hall–Kier alpha value is -0.160. The van der Waals surface area contributed by atoms with Crippen LogP contribution in [0.1, 0.15) is 30.1 Å². The first kappa shape index (κ1) is 12.3. The zero-order chi connectivity index (χ0) is 11.4. The van der Waals surface area contributed by atoms with Crippen LogP contribution in [0.3, 0.4) is 0 Å². The van der Waals surface area contributed by atoms with Gasteiger partial charge in [-0.05, 0) is 13.3 Å². The van der Waals surface area contributed by atoms with Gasteiger partial charge in [0.1, 0.15) is 5.01 Å². The molecule has 1 aliphatic rings. The van der Waals surface area contributed by atoms with Gasteiger partial charge in [0.25, 0.3) is 0 Å². The van der Waals surface area contributed by atoms with E-state index in [0.29, 0.717) is 11.9 Å². The van der Waals surface area contributed by atoms with Crippen LogP contribution in [-0.4, -0.2) is 36.2 Å². The van der Waals surface area contributed by atoms with Crippen LogP contribution < -0.4 is 0 Å². The zero-order valence-electron chi connectivity index (χ0n) is 9.49. The molecule has 2 rings (SSSR count). The predicted molar refractivity (Wildman–Crippen MR) is 67.1 cm³/mol. The number of halogens is 1. The SMILES string of the molecule is CC(c1nc(CCl)cs1)N1CCCOCC1. The Morgan fingerprint density at radius 3 is 3.19 bits per heavy atom. The molecule has 16 heavy (non-hydrogen) atoms. The van der Waals surface area contributed by atoms with Gasteiger partial charge in [0, 0.05) is 25.1 Å². The molecule has 1 atom stereocenters. The van der Waals surface area contributed by atoms with E-state index in [4.69, 9.17) is 16.3 Å². The molecule has 0 bridgehead atoms. The van der Waals surface area contributed by atoms with Crippen molar-refractivity contribution in [1.82, 2.24) is 9.88 Å². The summed E-state index contributed by atoms with van der Waals surface area (Å²) in [5.74, 6) is 0.506. The van der Waals surface area contributed by atoms with Crippen molar-refractivity contribution in [3.63, 3.8) is 0 Å². The van der Waals surface area contributed by atoms with Crippen molar-refractivity contribution in [2.75, 3.05) is 26.3 Å². The Morgan fingerprint density at radius 2 is 2.44 bits per heavy atom. The summed E-state index contributed by atoms with van der Waals surface area (Å²) in [6.07, 6.45) is 1.11. The number of rotatable bonds is 3. The Balaban J connectivity index is 2.01. The topological polar surface area (TPSA) is 25.4 Å². The summed E-state index contributed by atoms with van der Waals surface area (Å²) in [7, 11) is 0. The van der Waals surface area contributed by atoms with Gasteiger partial charge in [-0.1, -0.05) is 0 Å².